The smallest absolute Gasteiger partial charge is 0.252 e. The van der Waals surface area contributed by atoms with Crippen LogP contribution in [0.2, 0.25) is 0 Å². The van der Waals surface area contributed by atoms with E-state index < -0.39 is 10.0 Å². The van der Waals surface area contributed by atoms with Crippen molar-refractivity contribution in [2.24, 2.45) is 0 Å². The minimum Gasteiger partial charge on any atom is -0.454 e. The van der Waals surface area contributed by atoms with Crippen LogP contribution in [0.4, 0.5) is 0 Å². The summed E-state index contributed by atoms with van der Waals surface area (Å²) in [6, 6.07) is 9.30. The quantitative estimate of drug-likeness (QED) is 0.700. The zero-order chi connectivity index (χ0) is 12.8. The van der Waals surface area contributed by atoms with E-state index in [0.717, 1.165) is 21.3 Å². The van der Waals surface area contributed by atoms with Crippen LogP contribution in [0.15, 0.2) is 40.9 Å². The summed E-state index contributed by atoms with van der Waals surface area (Å²) in [7, 11) is -3.42. The minimum absolute atomic E-state index is 0.386. The molecule has 0 atom stereocenters. The van der Waals surface area contributed by atoms with Crippen LogP contribution in [-0.4, -0.2) is 29.1 Å². The zero-order valence-electron chi connectivity index (χ0n) is 9.44. The number of hydrogen-bond donors (Lipinski definition) is 0. The van der Waals surface area contributed by atoms with Crippen LogP contribution < -0.4 is 0 Å². The maximum absolute atomic E-state index is 11.3. The predicted molar refractivity (Wildman–Crippen MR) is 65.5 cm³/mol. The van der Waals surface area contributed by atoms with E-state index in [9.17, 15) is 8.42 Å². The fourth-order valence-corrected chi connectivity index (χ4v) is 2.09. The maximum Gasteiger partial charge on any atom is 0.252 e. The van der Waals surface area contributed by atoms with E-state index in [2.05, 4.69) is 10.3 Å². The molecule has 6 nitrogen and oxygen atoms in total. The Hall–Kier alpha value is -2.15. The molecule has 3 aromatic rings. The van der Waals surface area contributed by atoms with Crippen molar-refractivity contribution in [2.75, 3.05) is 6.26 Å². The van der Waals surface area contributed by atoms with Crippen LogP contribution in [0.3, 0.4) is 0 Å². The van der Waals surface area contributed by atoms with Crippen LogP contribution in [0, 0.1) is 0 Å². The highest BCUT2D eigenvalue weighted by atomic mass is 32.2. The fourth-order valence-electron chi connectivity index (χ4n) is 1.63. The number of fused-ring (bicyclic) bond motifs is 1. The molecule has 0 amide bonds. The molecule has 18 heavy (non-hydrogen) atoms. The molecule has 1 aromatic carbocycles. The SMILES string of the molecule is CS(=O)(=O)n1cc(-c2cc3ccccc3o2)nn1. The largest absolute Gasteiger partial charge is 0.454 e. The molecule has 0 fully saturated rings. The molecule has 0 saturated heterocycles. The molecule has 0 spiro atoms. The molecular formula is C11H9N3O3S. The van der Waals surface area contributed by atoms with Crippen LogP contribution >= 0.6 is 0 Å². The summed E-state index contributed by atoms with van der Waals surface area (Å²) in [5, 5.41) is 8.27. The lowest BCUT2D eigenvalue weighted by Gasteiger charge is -1.91. The molecule has 3 rings (SSSR count). The summed E-state index contributed by atoms with van der Waals surface area (Å²) in [5.41, 5.74) is 1.11. The van der Waals surface area contributed by atoms with Gasteiger partial charge in [-0.1, -0.05) is 23.4 Å². The second kappa shape index (κ2) is 3.67. The third-order valence-electron chi connectivity index (χ3n) is 2.49. The van der Waals surface area contributed by atoms with Gasteiger partial charge in [-0.3, -0.25) is 0 Å². The fraction of sp³-hybridized carbons (Fsp3) is 0.0909. The number of rotatable bonds is 2. The van der Waals surface area contributed by atoms with Gasteiger partial charge in [-0.2, -0.15) is 0 Å². The Morgan fingerprint density at radius 1 is 1.28 bits per heavy atom. The van der Waals surface area contributed by atoms with Gasteiger partial charge in [0.15, 0.2) is 5.76 Å². The van der Waals surface area contributed by atoms with Crippen molar-refractivity contribution >= 4 is 21.0 Å². The first-order chi connectivity index (χ1) is 8.54. The summed E-state index contributed by atoms with van der Waals surface area (Å²) in [5.74, 6) is 0.492. The Morgan fingerprint density at radius 2 is 2.06 bits per heavy atom. The first kappa shape index (κ1) is 11.0. The average Bonchev–Trinajstić information content (AvgIpc) is 2.94. The second-order valence-corrected chi connectivity index (χ2v) is 5.73. The van der Waals surface area contributed by atoms with E-state index in [1.54, 1.807) is 6.07 Å². The van der Waals surface area contributed by atoms with Gasteiger partial charge >= 0.3 is 0 Å². The maximum atomic E-state index is 11.3. The molecule has 92 valence electrons. The standard InChI is InChI=1S/C11H9N3O3S/c1-18(15,16)14-7-9(12-13-14)11-6-8-4-2-3-5-10(8)17-11/h2-7H,1H3. The normalized spacial score (nSPS) is 12.1. The Morgan fingerprint density at radius 3 is 2.72 bits per heavy atom. The Kier molecular flexibility index (Phi) is 2.24. The van der Waals surface area contributed by atoms with Crippen molar-refractivity contribution in [1.82, 2.24) is 14.4 Å². The van der Waals surface area contributed by atoms with E-state index in [1.165, 1.54) is 6.20 Å². The van der Waals surface area contributed by atoms with Crippen LogP contribution in [0.1, 0.15) is 0 Å². The Bertz CT molecular complexity index is 784. The van der Waals surface area contributed by atoms with Crippen molar-refractivity contribution in [3.63, 3.8) is 0 Å². The number of para-hydroxylation sites is 1. The van der Waals surface area contributed by atoms with Crippen molar-refractivity contribution < 1.29 is 12.8 Å². The third kappa shape index (κ3) is 1.78. The van der Waals surface area contributed by atoms with Crippen LogP contribution in [0.25, 0.3) is 22.4 Å². The molecule has 2 heterocycles. The average molecular weight is 263 g/mol. The van der Waals surface area contributed by atoms with Gasteiger partial charge in [-0.05, 0) is 12.1 Å². The van der Waals surface area contributed by atoms with Gasteiger partial charge in [0.05, 0.1) is 12.5 Å². The predicted octanol–water partition coefficient (Wildman–Crippen LogP) is 1.50. The summed E-state index contributed by atoms with van der Waals surface area (Å²) in [4.78, 5) is 0. The molecule has 0 aliphatic rings. The first-order valence-corrected chi connectivity index (χ1v) is 7.01. The van der Waals surface area contributed by atoms with Crippen molar-refractivity contribution in [3.05, 3.63) is 36.5 Å². The number of aromatic nitrogens is 3. The lowest BCUT2D eigenvalue weighted by molar-refractivity contribution is 0.583. The molecule has 0 aliphatic heterocycles. The number of hydrogen-bond acceptors (Lipinski definition) is 5. The van der Waals surface area contributed by atoms with Crippen molar-refractivity contribution in [2.45, 2.75) is 0 Å². The lowest BCUT2D eigenvalue weighted by atomic mass is 10.2. The zero-order valence-corrected chi connectivity index (χ0v) is 10.3. The van der Waals surface area contributed by atoms with Crippen molar-refractivity contribution in [1.29, 1.82) is 0 Å². The molecule has 2 aromatic heterocycles. The highest BCUT2D eigenvalue weighted by Crippen LogP contribution is 2.25. The molecular weight excluding hydrogens is 254 g/mol. The Labute approximate surface area is 103 Å². The lowest BCUT2D eigenvalue weighted by Crippen LogP contribution is -2.10. The Balaban J connectivity index is 2.12. The van der Waals surface area contributed by atoms with Gasteiger partial charge in [0.1, 0.15) is 11.3 Å². The van der Waals surface area contributed by atoms with Gasteiger partial charge in [-0.25, -0.2) is 8.42 Å². The van der Waals surface area contributed by atoms with E-state index in [1.807, 2.05) is 24.3 Å². The molecule has 0 unspecified atom stereocenters. The van der Waals surface area contributed by atoms with Gasteiger partial charge in [-0.15, -0.1) is 9.19 Å². The van der Waals surface area contributed by atoms with Crippen LogP contribution in [0.5, 0.6) is 0 Å². The van der Waals surface area contributed by atoms with Gasteiger partial charge in [0.2, 0.25) is 0 Å². The van der Waals surface area contributed by atoms with Crippen LogP contribution in [-0.2, 0) is 10.0 Å². The van der Waals surface area contributed by atoms with Gasteiger partial charge in [0, 0.05) is 5.39 Å². The van der Waals surface area contributed by atoms with Gasteiger partial charge < -0.3 is 4.42 Å². The third-order valence-corrected chi connectivity index (χ3v) is 3.35. The van der Waals surface area contributed by atoms with Gasteiger partial charge in [0.25, 0.3) is 10.0 Å². The molecule has 0 bridgehead atoms. The van der Waals surface area contributed by atoms with Crippen molar-refractivity contribution in [3.8, 4) is 11.5 Å². The van der Waals surface area contributed by atoms with E-state index >= 15 is 0 Å². The molecule has 0 aliphatic carbocycles. The topological polar surface area (TPSA) is 78.0 Å². The monoisotopic (exact) mass is 263 g/mol. The summed E-state index contributed by atoms with van der Waals surface area (Å²) < 4.78 is 28.9. The number of benzene rings is 1. The number of nitrogens with zero attached hydrogens (tertiary/aromatic N) is 3. The van der Waals surface area contributed by atoms with E-state index in [-0.39, 0.29) is 0 Å². The molecule has 7 heteroatoms. The highest BCUT2D eigenvalue weighted by Gasteiger charge is 2.13. The van der Waals surface area contributed by atoms with E-state index in [0.29, 0.717) is 11.5 Å². The molecule has 0 N–H and O–H groups in total. The van der Waals surface area contributed by atoms with E-state index in [4.69, 9.17) is 4.42 Å². The summed E-state index contributed by atoms with van der Waals surface area (Å²) in [6.07, 6.45) is 2.39. The molecule has 0 saturated carbocycles. The highest BCUT2D eigenvalue weighted by molar-refractivity contribution is 7.89. The summed E-state index contributed by atoms with van der Waals surface area (Å²) in [6.45, 7) is 0. The summed E-state index contributed by atoms with van der Waals surface area (Å²) >= 11 is 0. The number of furan rings is 1. The minimum atomic E-state index is -3.42. The first-order valence-electron chi connectivity index (χ1n) is 5.16. The molecule has 0 radical (unpaired) electrons. The second-order valence-electron chi connectivity index (χ2n) is 3.89.